The van der Waals surface area contributed by atoms with Gasteiger partial charge >= 0.3 is 0 Å². The van der Waals surface area contributed by atoms with Crippen molar-refractivity contribution in [2.24, 2.45) is 0 Å². The molecule has 0 aliphatic carbocycles. The molecule has 0 aliphatic heterocycles. The fourth-order valence-electron chi connectivity index (χ4n) is 1.95. The van der Waals surface area contributed by atoms with Gasteiger partial charge in [0.05, 0.1) is 7.11 Å². The molecule has 0 bridgehead atoms. The molecule has 2 rings (SSSR count). The maximum atomic E-state index is 13.9. The van der Waals surface area contributed by atoms with Gasteiger partial charge in [-0.2, -0.15) is 0 Å². The van der Waals surface area contributed by atoms with E-state index >= 15 is 0 Å². The summed E-state index contributed by atoms with van der Waals surface area (Å²) in [7, 11) is 1.41. The second-order valence-corrected chi connectivity index (χ2v) is 4.85. The van der Waals surface area contributed by atoms with Crippen molar-refractivity contribution in [2.45, 2.75) is 13.0 Å². The van der Waals surface area contributed by atoms with E-state index in [1.165, 1.54) is 26.2 Å². The molecule has 1 unspecified atom stereocenters. The quantitative estimate of drug-likeness (QED) is 0.927. The number of hydrogen-bond acceptors (Lipinski definition) is 2. The van der Waals surface area contributed by atoms with Crippen LogP contribution in [0, 0.1) is 18.6 Å². The minimum Gasteiger partial charge on any atom is -0.496 e. The van der Waals surface area contributed by atoms with Gasteiger partial charge in [-0.1, -0.05) is 17.7 Å². The van der Waals surface area contributed by atoms with Crippen molar-refractivity contribution in [1.29, 1.82) is 0 Å². The van der Waals surface area contributed by atoms with E-state index in [9.17, 15) is 13.9 Å². The van der Waals surface area contributed by atoms with Gasteiger partial charge in [-0.15, -0.1) is 0 Å². The van der Waals surface area contributed by atoms with Crippen molar-refractivity contribution in [3.63, 3.8) is 0 Å². The Morgan fingerprint density at radius 1 is 1.10 bits per heavy atom. The molecule has 2 aromatic carbocycles. The molecule has 0 aromatic heterocycles. The van der Waals surface area contributed by atoms with Crippen molar-refractivity contribution < 1.29 is 18.6 Å². The van der Waals surface area contributed by atoms with E-state index in [0.717, 1.165) is 12.1 Å². The van der Waals surface area contributed by atoms with E-state index in [4.69, 9.17) is 16.3 Å². The minimum atomic E-state index is -1.34. The average molecular weight is 299 g/mol. The number of benzene rings is 2. The first kappa shape index (κ1) is 14.8. The highest BCUT2D eigenvalue weighted by Gasteiger charge is 2.20. The fraction of sp³-hybridized carbons (Fsp3) is 0.200. The summed E-state index contributed by atoms with van der Waals surface area (Å²) in [6, 6.07) is 6.61. The third-order valence-corrected chi connectivity index (χ3v) is 3.30. The molecule has 20 heavy (non-hydrogen) atoms. The molecule has 0 saturated heterocycles. The van der Waals surface area contributed by atoms with Gasteiger partial charge in [-0.3, -0.25) is 0 Å². The Hall–Kier alpha value is -1.65. The second kappa shape index (κ2) is 5.77. The third-order valence-electron chi connectivity index (χ3n) is 3.06. The second-order valence-electron chi connectivity index (χ2n) is 4.41. The minimum absolute atomic E-state index is 0.145. The normalized spacial score (nSPS) is 12.3. The highest BCUT2D eigenvalue weighted by atomic mass is 35.5. The Balaban J connectivity index is 2.51. The van der Waals surface area contributed by atoms with Gasteiger partial charge in [-0.05, 0) is 36.8 Å². The maximum absolute atomic E-state index is 13.9. The van der Waals surface area contributed by atoms with Crippen LogP contribution in [0.25, 0.3) is 0 Å². The van der Waals surface area contributed by atoms with Crippen LogP contribution in [0.4, 0.5) is 8.78 Å². The predicted octanol–water partition coefficient (Wildman–Crippen LogP) is 4.02. The van der Waals surface area contributed by atoms with Crippen molar-refractivity contribution >= 4 is 11.6 Å². The number of halogens is 3. The van der Waals surface area contributed by atoms with Crippen LogP contribution in [0.15, 0.2) is 30.3 Å². The zero-order chi connectivity index (χ0) is 14.9. The standard InChI is InChI=1S/C15H13ClF2O2/c1-8-5-13(18)11(7-12(8)17)15(19)10-4-3-9(16)6-14(10)20-2/h3-7,15,19H,1-2H3. The van der Waals surface area contributed by atoms with Gasteiger partial charge in [0.2, 0.25) is 0 Å². The lowest BCUT2D eigenvalue weighted by Crippen LogP contribution is -2.06. The summed E-state index contributed by atoms with van der Waals surface area (Å²) in [5, 5.41) is 10.7. The number of ether oxygens (including phenoxy) is 1. The molecule has 0 spiro atoms. The lowest BCUT2D eigenvalue weighted by Gasteiger charge is -2.16. The molecular weight excluding hydrogens is 286 g/mol. The van der Waals surface area contributed by atoms with E-state index in [-0.39, 0.29) is 11.1 Å². The zero-order valence-corrected chi connectivity index (χ0v) is 11.7. The molecule has 106 valence electrons. The molecule has 0 fully saturated rings. The Morgan fingerprint density at radius 3 is 2.45 bits per heavy atom. The molecule has 2 nitrogen and oxygen atoms in total. The Morgan fingerprint density at radius 2 is 1.80 bits per heavy atom. The van der Waals surface area contributed by atoms with Crippen molar-refractivity contribution in [1.82, 2.24) is 0 Å². The summed E-state index contributed by atoms with van der Waals surface area (Å²) >= 11 is 5.83. The molecule has 0 saturated carbocycles. The van der Waals surface area contributed by atoms with E-state index in [1.807, 2.05) is 0 Å². The largest absolute Gasteiger partial charge is 0.496 e. The van der Waals surface area contributed by atoms with Crippen LogP contribution in [0.3, 0.4) is 0 Å². The van der Waals surface area contributed by atoms with Gasteiger partial charge in [0.25, 0.3) is 0 Å². The van der Waals surface area contributed by atoms with Crippen molar-refractivity contribution in [3.05, 3.63) is 63.7 Å². The summed E-state index contributed by atoms with van der Waals surface area (Å²) in [5.74, 6) is -0.938. The van der Waals surface area contributed by atoms with Gasteiger partial charge in [0.1, 0.15) is 23.5 Å². The topological polar surface area (TPSA) is 29.5 Å². The fourth-order valence-corrected chi connectivity index (χ4v) is 2.11. The number of methoxy groups -OCH3 is 1. The summed E-state index contributed by atoms with van der Waals surface area (Å²) in [6.45, 7) is 1.46. The number of aliphatic hydroxyl groups excluding tert-OH is 1. The van der Waals surface area contributed by atoms with Gasteiger partial charge in [0, 0.05) is 16.1 Å². The zero-order valence-electron chi connectivity index (χ0n) is 11.0. The molecule has 0 aliphatic rings. The van der Waals surface area contributed by atoms with Crippen molar-refractivity contribution in [3.8, 4) is 5.75 Å². The molecule has 0 radical (unpaired) electrons. The van der Waals surface area contributed by atoms with Crippen LogP contribution in [-0.2, 0) is 0 Å². The van der Waals surface area contributed by atoms with Gasteiger partial charge in [-0.25, -0.2) is 8.78 Å². The van der Waals surface area contributed by atoms with Crippen LogP contribution in [0.5, 0.6) is 5.75 Å². The molecule has 1 N–H and O–H groups in total. The van der Waals surface area contributed by atoms with Crippen molar-refractivity contribution in [2.75, 3.05) is 7.11 Å². The van der Waals surface area contributed by atoms with Crippen LogP contribution >= 0.6 is 11.6 Å². The molecule has 0 amide bonds. The number of aryl methyl sites for hydroxylation is 1. The Kier molecular flexibility index (Phi) is 4.26. The van der Waals surface area contributed by atoms with Crippen LogP contribution < -0.4 is 4.74 Å². The van der Waals surface area contributed by atoms with Crippen LogP contribution in [0.2, 0.25) is 5.02 Å². The van der Waals surface area contributed by atoms with Crippen LogP contribution in [-0.4, -0.2) is 12.2 Å². The Bertz CT molecular complexity index is 644. The summed E-state index contributed by atoms with van der Waals surface area (Å²) in [4.78, 5) is 0. The van der Waals surface area contributed by atoms with Crippen LogP contribution in [0.1, 0.15) is 22.8 Å². The number of rotatable bonds is 3. The molecule has 1 atom stereocenters. The van der Waals surface area contributed by atoms with E-state index < -0.39 is 17.7 Å². The highest BCUT2D eigenvalue weighted by Crippen LogP contribution is 2.33. The average Bonchev–Trinajstić information content (AvgIpc) is 2.42. The summed E-state index contributed by atoms with van der Waals surface area (Å²) in [5.41, 5.74) is 0.356. The highest BCUT2D eigenvalue weighted by molar-refractivity contribution is 6.30. The Labute approximate surface area is 120 Å². The lowest BCUT2D eigenvalue weighted by atomic mass is 9.99. The summed E-state index contributed by atoms with van der Waals surface area (Å²) in [6.07, 6.45) is -1.34. The first-order chi connectivity index (χ1) is 9.43. The van der Waals surface area contributed by atoms with E-state index in [0.29, 0.717) is 16.3 Å². The SMILES string of the molecule is COc1cc(Cl)ccc1C(O)c1cc(F)c(C)cc1F. The van der Waals surface area contributed by atoms with E-state index in [2.05, 4.69) is 0 Å². The van der Waals surface area contributed by atoms with Gasteiger partial charge < -0.3 is 9.84 Å². The molecule has 0 heterocycles. The smallest absolute Gasteiger partial charge is 0.129 e. The van der Waals surface area contributed by atoms with Gasteiger partial charge in [0.15, 0.2) is 0 Å². The number of hydrogen-bond donors (Lipinski definition) is 1. The molecule has 2 aromatic rings. The first-order valence-corrected chi connectivity index (χ1v) is 6.29. The first-order valence-electron chi connectivity index (χ1n) is 5.91. The predicted molar refractivity (Wildman–Crippen MR) is 73.2 cm³/mol. The monoisotopic (exact) mass is 298 g/mol. The lowest BCUT2D eigenvalue weighted by molar-refractivity contribution is 0.209. The molecular formula is C15H13ClF2O2. The maximum Gasteiger partial charge on any atom is 0.129 e. The number of aliphatic hydroxyl groups is 1. The third kappa shape index (κ3) is 2.76. The molecule has 5 heteroatoms. The van der Waals surface area contributed by atoms with E-state index in [1.54, 1.807) is 6.07 Å². The summed E-state index contributed by atoms with van der Waals surface area (Å²) < 4.78 is 32.5.